The molecular formula is C18H28N2. The van der Waals surface area contributed by atoms with Crippen LogP contribution in [0.2, 0.25) is 0 Å². The van der Waals surface area contributed by atoms with Gasteiger partial charge in [0, 0.05) is 31.2 Å². The van der Waals surface area contributed by atoms with Gasteiger partial charge in [-0.25, -0.2) is 0 Å². The predicted molar refractivity (Wildman–Crippen MR) is 85.1 cm³/mol. The number of nitrogens with one attached hydrogen (secondary N) is 1. The van der Waals surface area contributed by atoms with Crippen molar-refractivity contribution in [2.75, 3.05) is 19.6 Å². The topological polar surface area (TPSA) is 15.3 Å². The van der Waals surface area contributed by atoms with Crippen LogP contribution in [0.5, 0.6) is 0 Å². The predicted octanol–water partition coefficient (Wildman–Crippen LogP) is 3.14. The molecule has 3 rings (SSSR count). The van der Waals surface area contributed by atoms with Gasteiger partial charge in [-0.3, -0.25) is 4.90 Å². The summed E-state index contributed by atoms with van der Waals surface area (Å²) in [6.45, 7) is 8.16. The van der Waals surface area contributed by atoms with Gasteiger partial charge >= 0.3 is 0 Å². The monoisotopic (exact) mass is 272 g/mol. The molecule has 1 aliphatic carbocycles. The molecule has 20 heavy (non-hydrogen) atoms. The fraction of sp³-hybridized carbons (Fsp3) is 0.667. The van der Waals surface area contributed by atoms with E-state index in [2.05, 4.69) is 48.3 Å². The highest BCUT2D eigenvalue weighted by Crippen LogP contribution is 2.33. The first kappa shape index (κ1) is 14.1. The number of hydrogen-bond acceptors (Lipinski definition) is 2. The number of hydrogen-bond donors (Lipinski definition) is 1. The molecule has 0 aromatic heterocycles. The summed E-state index contributed by atoms with van der Waals surface area (Å²) >= 11 is 0. The molecule has 1 unspecified atom stereocenters. The van der Waals surface area contributed by atoms with Gasteiger partial charge < -0.3 is 5.32 Å². The zero-order chi connectivity index (χ0) is 14.0. The standard InChI is InChI=1S/C18H28N2/c1-15-6-5-7-17(12-15)8-11-20-14-18(9-3-4-10-18)19-13-16(20)2/h5-7,12,16,19H,3-4,8-11,13-14H2,1-2H3. The van der Waals surface area contributed by atoms with Crippen LogP contribution in [0, 0.1) is 6.92 Å². The van der Waals surface area contributed by atoms with E-state index in [1.54, 1.807) is 0 Å². The van der Waals surface area contributed by atoms with E-state index < -0.39 is 0 Å². The Balaban J connectivity index is 1.60. The maximum absolute atomic E-state index is 3.84. The second-order valence-corrected chi connectivity index (χ2v) is 6.93. The van der Waals surface area contributed by atoms with Crippen molar-refractivity contribution >= 4 is 0 Å². The molecule has 1 atom stereocenters. The second-order valence-electron chi connectivity index (χ2n) is 6.93. The van der Waals surface area contributed by atoms with Crippen molar-refractivity contribution in [3.63, 3.8) is 0 Å². The van der Waals surface area contributed by atoms with Crippen molar-refractivity contribution in [3.8, 4) is 0 Å². The molecule has 0 bridgehead atoms. The van der Waals surface area contributed by atoms with Crippen LogP contribution in [0.1, 0.15) is 43.7 Å². The Kier molecular flexibility index (Phi) is 4.13. The molecule has 1 heterocycles. The Morgan fingerprint density at radius 1 is 1.30 bits per heavy atom. The highest BCUT2D eigenvalue weighted by molar-refractivity contribution is 5.22. The first-order chi connectivity index (χ1) is 9.67. The first-order valence-corrected chi connectivity index (χ1v) is 8.22. The lowest BCUT2D eigenvalue weighted by Crippen LogP contribution is -2.62. The van der Waals surface area contributed by atoms with E-state index >= 15 is 0 Å². The number of rotatable bonds is 3. The zero-order valence-electron chi connectivity index (χ0n) is 13.0. The normalized spacial score (nSPS) is 26.2. The lowest BCUT2D eigenvalue weighted by Gasteiger charge is -2.45. The van der Waals surface area contributed by atoms with Crippen LogP contribution < -0.4 is 5.32 Å². The molecule has 1 saturated carbocycles. The summed E-state index contributed by atoms with van der Waals surface area (Å²) in [7, 11) is 0. The lowest BCUT2D eigenvalue weighted by atomic mass is 9.92. The van der Waals surface area contributed by atoms with E-state index in [1.807, 2.05) is 0 Å². The Morgan fingerprint density at radius 3 is 2.85 bits per heavy atom. The van der Waals surface area contributed by atoms with Gasteiger partial charge in [0.05, 0.1) is 0 Å². The summed E-state index contributed by atoms with van der Waals surface area (Å²) < 4.78 is 0. The number of benzene rings is 1. The lowest BCUT2D eigenvalue weighted by molar-refractivity contribution is 0.0903. The molecule has 2 heteroatoms. The van der Waals surface area contributed by atoms with Crippen molar-refractivity contribution < 1.29 is 0 Å². The van der Waals surface area contributed by atoms with Crippen LogP contribution in [-0.2, 0) is 6.42 Å². The zero-order valence-corrected chi connectivity index (χ0v) is 13.0. The highest BCUT2D eigenvalue weighted by Gasteiger charge is 2.39. The van der Waals surface area contributed by atoms with Crippen LogP contribution >= 0.6 is 0 Å². The van der Waals surface area contributed by atoms with Crippen molar-refractivity contribution in [1.82, 2.24) is 10.2 Å². The van der Waals surface area contributed by atoms with E-state index in [0.29, 0.717) is 11.6 Å². The Labute approximate surface area is 123 Å². The first-order valence-electron chi connectivity index (χ1n) is 8.22. The number of piperazine rings is 1. The number of aryl methyl sites for hydroxylation is 1. The third-order valence-electron chi connectivity index (χ3n) is 5.23. The Hall–Kier alpha value is -0.860. The van der Waals surface area contributed by atoms with Crippen molar-refractivity contribution in [2.45, 2.75) is 57.5 Å². The van der Waals surface area contributed by atoms with Crippen molar-refractivity contribution in [2.24, 2.45) is 0 Å². The van der Waals surface area contributed by atoms with Gasteiger partial charge in [0.1, 0.15) is 0 Å². The highest BCUT2D eigenvalue weighted by atomic mass is 15.2. The Bertz CT molecular complexity index is 448. The molecule has 0 radical (unpaired) electrons. The quantitative estimate of drug-likeness (QED) is 0.909. The third-order valence-corrected chi connectivity index (χ3v) is 5.23. The van der Waals surface area contributed by atoms with Crippen LogP contribution in [0.4, 0.5) is 0 Å². The maximum atomic E-state index is 3.84. The molecule has 1 saturated heterocycles. The number of nitrogens with zero attached hydrogens (tertiary/aromatic N) is 1. The van der Waals surface area contributed by atoms with Crippen LogP contribution in [-0.4, -0.2) is 36.1 Å². The molecule has 1 aromatic rings. The van der Waals surface area contributed by atoms with Crippen LogP contribution in [0.3, 0.4) is 0 Å². The van der Waals surface area contributed by atoms with Gasteiger partial charge in [0.25, 0.3) is 0 Å². The summed E-state index contributed by atoms with van der Waals surface area (Å²) in [6.07, 6.45) is 6.75. The van der Waals surface area contributed by atoms with E-state index in [-0.39, 0.29) is 0 Å². The van der Waals surface area contributed by atoms with E-state index in [4.69, 9.17) is 0 Å². The Morgan fingerprint density at radius 2 is 2.10 bits per heavy atom. The van der Waals surface area contributed by atoms with Gasteiger partial charge in [-0.2, -0.15) is 0 Å². The van der Waals surface area contributed by atoms with Gasteiger partial charge in [-0.05, 0) is 38.7 Å². The summed E-state index contributed by atoms with van der Waals surface area (Å²) in [5.41, 5.74) is 3.30. The van der Waals surface area contributed by atoms with E-state index in [1.165, 1.54) is 56.3 Å². The summed E-state index contributed by atoms with van der Waals surface area (Å²) in [4.78, 5) is 2.71. The second kappa shape index (κ2) is 5.87. The molecule has 1 spiro atoms. The molecule has 1 aliphatic heterocycles. The molecular weight excluding hydrogens is 244 g/mol. The van der Waals surface area contributed by atoms with Crippen LogP contribution in [0.25, 0.3) is 0 Å². The minimum atomic E-state index is 0.444. The van der Waals surface area contributed by atoms with Crippen LogP contribution in [0.15, 0.2) is 24.3 Å². The average molecular weight is 272 g/mol. The molecule has 1 aromatic carbocycles. The van der Waals surface area contributed by atoms with E-state index in [0.717, 1.165) is 6.54 Å². The SMILES string of the molecule is Cc1cccc(CCN2CC3(CCCC3)NCC2C)c1. The largest absolute Gasteiger partial charge is 0.308 e. The van der Waals surface area contributed by atoms with Crippen molar-refractivity contribution in [1.29, 1.82) is 0 Å². The van der Waals surface area contributed by atoms with Gasteiger partial charge in [0.15, 0.2) is 0 Å². The maximum Gasteiger partial charge on any atom is 0.0309 e. The summed E-state index contributed by atoms with van der Waals surface area (Å²) in [6, 6.07) is 9.64. The molecule has 0 amide bonds. The molecule has 2 fully saturated rings. The molecule has 2 aliphatic rings. The van der Waals surface area contributed by atoms with Crippen molar-refractivity contribution in [3.05, 3.63) is 35.4 Å². The smallest absolute Gasteiger partial charge is 0.0309 e. The fourth-order valence-electron chi connectivity index (χ4n) is 3.92. The van der Waals surface area contributed by atoms with Gasteiger partial charge in [0.2, 0.25) is 0 Å². The summed E-state index contributed by atoms with van der Waals surface area (Å²) in [5.74, 6) is 0. The van der Waals surface area contributed by atoms with Gasteiger partial charge in [-0.1, -0.05) is 42.7 Å². The molecule has 2 nitrogen and oxygen atoms in total. The summed E-state index contributed by atoms with van der Waals surface area (Å²) in [5, 5.41) is 3.84. The fourth-order valence-corrected chi connectivity index (χ4v) is 3.92. The minimum absolute atomic E-state index is 0.444. The minimum Gasteiger partial charge on any atom is -0.308 e. The third kappa shape index (κ3) is 3.07. The molecule has 110 valence electrons. The van der Waals surface area contributed by atoms with Gasteiger partial charge in [-0.15, -0.1) is 0 Å². The average Bonchev–Trinajstić information content (AvgIpc) is 2.89. The van der Waals surface area contributed by atoms with E-state index in [9.17, 15) is 0 Å². The molecule has 1 N–H and O–H groups in total.